The van der Waals surface area contributed by atoms with Gasteiger partial charge in [0.25, 0.3) is 5.63 Å². The summed E-state index contributed by atoms with van der Waals surface area (Å²) in [6, 6.07) is 4.99. The maximum Gasteiger partial charge on any atom is 0.444 e. The molecule has 18 heavy (non-hydrogen) atoms. The fourth-order valence-corrected chi connectivity index (χ4v) is 2.11. The summed E-state index contributed by atoms with van der Waals surface area (Å²) >= 11 is 4.62. The first-order chi connectivity index (χ1) is 8.12. The molecule has 1 unspecified atom stereocenters. The zero-order valence-electron chi connectivity index (χ0n) is 8.62. The molecule has 0 amide bonds. The summed E-state index contributed by atoms with van der Waals surface area (Å²) in [4.78, 5) is 0. The lowest BCUT2D eigenvalue weighted by Crippen LogP contribution is -2.33. The first-order valence-electron chi connectivity index (χ1n) is 4.47. The number of para-hydroxylation sites is 1. The van der Waals surface area contributed by atoms with Crippen molar-refractivity contribution in [1.29, 1.82) is 0 Å². The van der Waals surface area contributed by atoms with Crippen molar-refractivity contribution < 1.29 is 26.3 Å². The van der Waals surface area contributed by atoms with E-state index in [1.54, 1.807) is 0 Å². The molecule has 0 saturated heterocycles. The largest absolute Gasteiger partial charge is 0.444 e. The Morgan fingerprint density at radius 2 is 1.89 bits per heavy atom. The van der Waals surface area contributed by atoms with Crippen molar-refractivity contribution in [2.45, 2.75) is 17.5 Å². The van der Waals surface area contributed by atoms with Gasteiger partial charge in [0.05, 0.1) is 5.75 Å². The van der Waals surface area contributed by atoms with E-state index < -0.39 is 32.3 Å². The van der Waals surface area contributed by atoms with Crippen LogP contribution >= 0.6 is 22.3 Å². The number of ether oxygens (including phenoxy) is 1. The van der Waals surface area contributed by atoms with Crippen LogP contribution in [0.2, 0.25) is 0 Å². The Kier molecular flexibility index (Phi) is 4.74. The second-order valence-electron chi connectivity index (χ2n) is 3.26. The van der Waals surface area contributed by atoms with E-state index >= 15 is 0 Å². The van der Waals surface area contributed by atoms with Crippen molar-refractivity contribution in [2.24, 2.45) is 0 Å². The molecule has 102 valence electrons. The highest BCUT2D eigenvalue weighted by Crippen LogP contribution is 2.31. The topological polar surface area (TPSA) is 43.4 Å². The van der Waals surface area contributed by atoms with Crippen molar-refractivity contribution in [2.75, 3.05) is 0 Å². The molecule has 0 saturated carbocycles. The van der Waals surface area contributed by atoms with Crippen LogP contribution in [0, 0.1) is 0 Å². The van der Waals surface area contributed by atoms with Crippen LogP contribution in [0.3, 0.4) is 0 Å². The third kappa shape index (κ3) is 4.55. The number of benzene rings is 1. The summed E-state index contributed by atoms with van der Waals surface area (Å²) < 4.78 is 64.1. The van der Waals surface area contributed by atoms with Crippen molar-refractivity contribution in [1.82, 2.24) is 0 Å². The van der Waals surface area contributed by atoms with Gasteiger partial charge in [-0.25, -0.2) is 12.8 Å². The summed E-state index contributed by atoms with van der Waals surface area (Å²) in [6.07, 6.45) is -4.27. The van der Waals surface area contributed by atoms with Gasteiger partial charge in [-0.2, -0.15) is 8.78 Å². The third-order valence-corrected chi connectivity index (χ3v) is 3.04. The zero-order chi connectivity index (χ0) is 14.0. The van der Waals surface area contributed by atoms with Crippen LogP contribution in [-0.4, -0.2) is 20.2 Å². The van der Waals surface area contributed by atoms with Gasteiger partial charge in [-0.1, -0.05) is 29.8 Å². The molecule has 0 spiro atoms. The molecule has 0 radical (unpaired) electrons. The minimum absolute atomic E-state index is 0.121. The van der Waals surface area contributed by atoms with Crippen molar-refractivity contribution in [3.63, 3.8) is 0 Å². The van der Waals surface area contributed by atoms with E-state index in [1.165, 1.54) is 18.2 Å². The second kappa shape index (κ2) is 5.54. The summed E-state index contributed by atoms with van der Waals surface area (Å²) in [5, 5.41) is 0. The lowest BCUT2D eigenvalue weighted by atomic mass is 10.2. The minimum Gasteiger partial charge on any atom is -0.429 e. The molecular weight excluding hydrogens is 316 g/mol. The van der Waals surface area contributed by atoms with E-state index in [0.29, 0.717) is 0 Å². The molecule has 3 nitrogen and oxygen atoms in total. The Morgan fingerprint density at radius 1 is 1.33 bits per heavy atom. The van der Waals surface area contributed by atoms with Crippen LogP contribution in [0.25, 0.3) is 0 Å². The van der Waals surface area contributed by atoms with Gasteiger partial charge >= 0.3 is 6.11 Å². The monoisotopic (exact) mass is 322 g/mol. The van der Waals surface area contributed by atoms with Crippen LogP contribution in [-0.2, 0) is 14.8 Å². The first kappa shape index (κ1) is 15.4. The smallest absolute Gasteiger partial charge is 0.429 e. The molecule has 0 bridgehead atoms. The summed E-state index contributed by atoms with van der Waals surface area (Å²) in [6.45, 7) is 0. The van der Waals surface area contributed by atoms with Crippen molar-refractivity contribution in [3.05, 3.63) is 29.8 Å². The molecule has 0 N–H and O–H groups in total. The van der Waals surface area contributed by atoms with E-state index in [-0.39, 0.29) is 5.56 Å². The van der Waals surface area contributed by atoms with Crippen LogP contribution in [0.15, 0.2) is 24.3 Å². The summed E-state index contributed by atoms with van der Waals surface area (Å²) in [5.41, 5.74) is -3.18. The number of hydrogen-bond donors (Lipinski definition) is 0. The van der Waals surface area contributed by atoms with Crippen LogP contribution in [0.1, 0.15) is 5.56 Å². The van der Waals surface area contributed by atoms with E-state index in [1.807, 2.05) is 0 Å². The Balaban J connectivity index is 3.03. The number of rotatable bonds is 5. The highest BCUT2D eigenvalue weighted by atomic mass is 35.7. The van der Waals surface area contributed by atoms with Gasteiger partial charge in [0.1, 0.15) is 5.75 Å². The molecule has 0 aromatic heterocycles. The summed E-state index contributed by atoms with van der Waals surface area (Å²) in [7, 11) is 1.05. The van der Waals surface area contributed by atoms with E-state index in [4.69, 9.17) is 10.7 Å². The molecule has 0 aliphatic rings. The second-order valence-corrected chi connectivity index (χ2v) is 6.42. The fraction of sp³-hybridized carbons (Fsp3) is 0.333. The fourth-order valence-electron chi connectivity index (χ4n) is 1.10. The van der Waals surface area contributed by atoms with Gasteiger partial charge in [0.15, 0.2) is 0 Å². The molecule has 1 aromatic rings. The van der Waals surface area contributed by atoms with E-state index in [0.717, 1.165) is 6.07 Å². The lowest BCUT2D eigenvalue weighted by molar-refractivity contribution is -0.199. The number of halogens is 5. The lowest BCUT2D eigenvalue weighted by Gasteiger charge is -2.19. The first-order valence-corrected chi connectivity index (χ1v) is 7.38. The molecule has 1 atom stereocenters. The quantitative estimate of drug-likeness (QED) is 0.617. The van der Waals surface area contributed by atoms with Crippen molar-refractivity contribution in [3.8, 4) is 5.75 Å². The Bertz CT molecular complexity index is 520. The zero-order valence-corrected chi connectivity index (χ0v) is 10.9. The highest BCUT2D eigenvalue weighted by Gasteiger charge is 2.42. The van der Waals surface area contributed by atoms with Crippen LogP contribution in [0.5, 0.6) is 5.75 Å². The molecular formula is C9H7Cl2F3O3S. The molecule has 0 heterocycles. The molecule has 0 aliphatic heterocycles. The molecule has 0 aliphatic carbocycles. The third-order valence-electron chi connectivity index (χ3n) is 1.80. The average molecular weight is 323 g/mol. The van der Waals surface area contributed by atoms with Gasteiger partial charge in [0.2, 0.25) is 9.05 Å². The summed E-state index contributed by atoms with van der Waals surface area (Å²) in [5.74, 6) is -1.23. The normalized spacial score (nSPS) is 14.3. The van der Waals surface area contributed by atoms with Crippen LogP contribution < -0.4 is 4.74 Å². The molecule has 1 aromatic carbocycles. The molecule has 0 fully saturated rings. The maximum atomic E-state index is 12.9. The van der Waals surface area contributed by atoms with Crippen molar-refractivity contribution >= 4 is 31.3 Å². The Hall–Kier alpha value is -0.660. The molecule has 9 heteroatoms. The van der Waals surface area contributed by atoms with Gasteiger partial charge < -0.3 is 4.74 Å². The van der Waals surface area contributed by atoms with E-state index in [9.17, 15) is 21.6 Å². The molecule has 1 rings (SSSR count). The van der Waals surface area contributed by atoms with E-state index in [2.05, 4.69) is 16.3 Å². The predicted molar refractivity (Wildman–Crippen MR) is 61.2 cm³/mol. The average Bonchev–Trinajstić information content (AvgIpc) is 2.18. The van der Waals surface area contributed by atoms with Gasteiger partial charge in [-0.3, -0.25) is 0 Å². The highest BCUT2D eigenvalue weighted by molar-refractivity contribution is 8.13. The minimum atomic E-state index is -4.27. The Labute approximate surface area is 111 Å². The predicted octanol–water partition coefficient (Wildman–Crippen LogP) is 3.26. The number of hydrogen-bond acceptors (Lipinski definition) is 3. The standard InChI is InChI=1S/C9H7Cl2F3O3S/c10-8(12)9(13,14)17-7-4-2-1-3-6(7)5-18(11,15)16/h1-4,8H,5H2. The van der Waals surface area contributed by atoms with Gasteiger partial charge in [0, 0.05) is 16.2 Å². The Morgan fingerprint density at radius 3 is 2.39 bits per heavy atom. The van der Waals surface area contributed by atoms with Gasteiger partial charge in [-0.05, 0) is 6.07 Å². The number of alkyl halides is 4. The van der Waals surface area contributed by atoms with Gasteiger partial charge in [-0.15, -0.1) is 0 Å². The van der Waals surface area contributed by atoms with Crippen LogP contribution in [0.4, 0.5) is 13.2 Å². The maximum absolute atomic E-state index is 12.9. The SMILES string of the molecule is O=S(=O)(Cl)Cc1ccccc1OC(F)(F)C(F)Cl.